The van der Waals surface area contributed by atoms with Gasteiger partial charge in [-0.15, -0.1) is 0 Å². The van der Waals surface area contributed by atoms with Crippen LogP contribution in [0.4, 0.5) is 0 Å². The average Bonchev–Trinajstić information content (AvgIpc) is 2.66. The Kier molecular flexibility index (Phi) is 5.81. The van der Waals surface area contributed by atoms with Crippen LogP contribution in [0.25, 0.3) is 6.08 Å². The third-order valence-electron chi connectivity index (χ3n) is 4.42. The Hall–Kier alpha value is -2.64. The number of nitrogens with two attached hydrogens (primary N) is 1. The summed E-state index contributed by atoms with van der Waals surface area (Å²) in [6.45, 7) is 4.56. The Labute approximate surface area is 150 Å². The zero-order chi connectivity index (χ0) is 17.5. The maximum atomic E-state index is 5.83. The summed E-state index contributed by atoms with van der Waals surface area (Å²) in [6.07, 6.45) is 5.37. The highest BCUT2D eigenvalue weighted by atomic mass is 14.5. The summed E-state index contributed by atoms with van der Waals surface area (Å²) in [5.41, 5.74) is 11.9. The molecule has 0 aromatic heterocycles. The summed E-state index contributed by atoms with van der Waals surface area (Å²) in [5.74, 6) is 0.326. The Morgan fingerprint density at radius 3 is 2.36 bits per heavy atom. The summed E-state index contributed by atoms with van der Waals surface area (Å²) in [4.78, 5) is 0. The summed E-state index contributed by atoms with van der Waals surface area (Å²) in [6, 6.07) is 27.5. The predicted octanol–water partition coefficient (Wildman–Crippen LogP) is 5.56. The van der Waals surface area contributed by atoms with Crippen LogP contribution in [0, 0.1) is 6.92 Å². The predicted molar refractivity (Wildman–Crippen MR) is 107 cm³/mol. The smallest absolute Gasteiger partial charge is 0.0178 e. The first-order valence-electron chi connectivity index (χ1n) is 8.68. The van der Waals surface area contributed by atoms with E-state index in [1.165, 1.54) is 22.3 Å². The lowest BCUT2D eigenvalue weighted by Gasteiger charge is -2.17. The zero-order valence-electron chi connectivity index (χ0n) is 14.4. The van der Waals surface area contributed by atoms with Crippen molar-refractivity contribution in [1.29, 1.82) is 0 Å². The highest BCUT2D eigenvalue weighted by Crippen LogP contribution is 2.29. The molecule has 0 heterocycles. The standard InChI is InChI=1S/C24H24N/c1-19-8-5-9-20(16-19)10-7-15-24(22-12-3-2-4-13-22)23-14-6-11-21(17-23)18-25/h2-14,16-17,24H,1,15,18,25H2. The van der Waals surface area contributed by atoms with Crippen molar-refractivity contribution in [2.24, 2.45) is 5.73 Å². The van der Waals surface area contributed by atoms with Crippen LogP contribution >= 0.6 is 0 Å². The molecule has 0 saturated carbocycles. The Balaban J connectivity index is 1.86. The molecule has 0 aliphatic heterocycles. The second-order valence-corrected chi connectivity index (χ2v) is 6.30. The number of hydrogen-bond donors (Lipinski definition) is 1. The van der Waals surface area contributed by atoms with Gasteiger partial charge in [-0.1, -0.05) is 91.0 Å². The summed E-state index contributed by atoms with van der Waals surface area (Å²) in [7, 11) is 0. The van der Waals surface area contributed by atoms with Crippen molar-refractivity contribution in [3.8, 4) is 0 Å². The highest BCUT2D eigenvalue weighted by Gasteiger charge is 2.12. The average molecular weight is 326 g/mol. The van der Waals surface area contributed by atoms with E-state index in [-0.39, 0.29) is 0 Å². The number of benzene rings is 3. The molecule has 1 nitrogen and oxygen atoms in total. The quantitative estimate of drug-likeness (QED) is 0.630. The number of rotatable bonds is 6. The molecule has 1 unspecified atom stereocenters. The molecule has 2 N–H and O–H groups in total. The van der Waals surface area contributed by atoms with Gasteiger partial charge in [-0.3, -0.25) is 0 Å². The van der Waals surface area contributed by atoms with Crippen molar-refractivity contribution >= 4 is 6.08 Å². The summed E-state index contributed by atoms with van der Waals surface area (Å²) >= 11 is 0. The van der Waals surface area contributed by atoms with Crippen molar-refractivity contribution in [3.63, 3.8) is 0 Å². The molecular weight excluding hydrogens is 302 g/mol. The van der Waals surface area contributed by atoms with E-state index in [1.807, 2.05) is 12.1 Å². The molecule has 1 atom stereocenters. The first-order chi connectivity index (χ1) is 12.3. The second-order valence-electron chi connectivity index (χ2n) is 6.30. The lowest BCUT2D eigenvalue weighted by atomic mass is 9.87. The molecule has 1 heteroatoms. The second kappa shape index (κ2) is 8.46. The number of allylic oxidation sites excluding steroid dienone is 1. The van der Waals surface area contributed by atoms with Crippen molar-refractivity contribution in [2.45, 2.75) is 18.9 Å². The molecule has 0 fully saturated rings. The van der Waals surface area contributed by atoms with Crippen molar-refractivity contribution in [3.05, 3.63) is 120 Å². The third kappa shape index (κ3) is 4.68. The van der Waals surface area contributed by atoms with Crippen molar-refractivity contribution in [1.82, 2.24) is 0 Å². The fourth-order valence-electron chi connectivity index (χ4n) is 3.12. The van der Waals surface area contributed by atoms with E-state index in [4.69, 9.17) is 5.73 Å². The molecule has 0 bridgehead atoms. The molecule has 1 radical (unpaired) electrons. The maximum Gasteiger partial charge on any atom is 0.0178 e. The lowest BCUT2D eigenvalue weighted by molar-refractivity contribution is 0.828. The molecule has 0 aliphatic carbocycles. The molecule has 3 aromatic rings. The third-order valence-corrected chi connectivity index (χ3v) is 4.42. The molecule has 125 valence electrons. The van der Waals surface area contributed by atoms with Gasteiger partial charge >= 0.3 is 0 Å². The Bertz CT molecular complexity index is 833. The zero-order valence-corrected chi connectivity index (χ0v) is 14.4. The fourth-order valence-corrected chi connectivity index (χ4v) is 3.12. The monoisotopic (exact) mass is 326 g/mol. The normalized spacial score (nSPS) is 12.4. The van der Waals surface area contributed by atoms with Gasteiger partial charge in [0, 0.05) is 12.5 Å². The van der Waals surface area contributed by atoms with E-state index in [2.05, 4.69) is 85.8 Å². The van der Waals surface area contributed by atoms with Crippen LogP contribution in [0.5, 0.6) is 0 Å². The van der Waals surface area contributed by atoms with Gasteiger partial charge in [-0.2, -0.15) is 0 Å². The molecule has 0 aliphatic rings. The van der Waals surface area contributed by atoms with Gasteiger partial charge in [0.1, 0.15) is 0 Å². The Morgan fingerprint density at radius 2 is 1.60 bits per heavy atom. The first-order valence-corrected chi connectivity index (χ1v) is 8.68. The summed E-state index contributed by atoms with van der Waals surface area (Å²) in [5, 5.41) is 0. The van der Waals surface area contributed by atoms with E-state index in [9.17, 15) is 0 Å². The van der Waals surface area contributed by atoms with E-state index < -0.39 is 0 Å². The fraction of sp³-hybridized carbons (Fsp3) is 0.125. The first kappa shape index (κ1) is 17.2. The van der Waals surface area contributed by atoms with E-state index in [0.717, 1.165) is 12.0 Å². The molecular formula is C24H24N. The molecule has 3 rings (SSSR count). The molecule has 0 amide bonds. The Morgan fingerprint density at radius 1 is 0.840 bits per heavy atom. The van der Waals surface area contributed by atoms with Crippen LogP contribution < -0.4 is 5.73 Å². The SMILES string of the molecule is [CH2]c1cccc(C=CCC(c2ccccc2)c2cccc(CN)c2)c1. The van der Waals surface area contributed by atoms with Crippen LogP contribution in [0.15, 0.2) is 84.9 Å². The minimum Gasteiger partial charge on any atom is -0.326 e. The van der Waals surface area contributed by atoms with E-state index in [0.29, 0.717) is 12.5 Å². The van der Waals surface area contributed by atoms with Gasteiger partial charge < -0.3 is 5.73 Å². The largest absolute Gasteiger partial charge is 0.326 e. The van der Waals surface area contributed by atoms with Crippen LogP contribution in [0.1, 0.15) is 40.2 Å². The van der Waals surface area contributed by atoms with Gasteiger partial charge in [0.05, 0.1) is 0 Å². The van der Waals surface area contributed by atoms with Crippen molar-refractivity contribution < 1.29 is 0 Å². The summed E-state index contributed by atoms with van der Waals surface area (Å²) < 4.78 is 0. The van der Waals surface area contributed by atoms with Gasteiger partial charge in [0.15, 0.2) is 0 Å². The van der Waals surface area contributed by atoms with Crippen LogP contribution in [-0.2, 0) is 6.54 Å². The van der Waals surface area contributed by atoms with Crippen molar-refractivity contribution in [2.75, 3.05) is 0 Å². The van der Waals surface area contributed by atoms with Gasteiger partial charge in [0.2, 0.25) is 0 Å². The minimum absolute atomic E-state index is 0.326. The van der Waals surface area contributed by atoms with E-state index in [1.54, 1.807) is 0 Å². The molecule has 0 spiro atoms. The molecule has 25 heavy (non-hydrogen) atoms. The molecule has 3 aromatic carbocycles. The number of hydrogen-bond acceptors (Lipinski definition) is 1. The van der Waals surface area contributed by atoms with Crippen LogP contribution in [-0.4, -0.2) is 0 Å². The highest BCUT2D eigenvalue weighted by molar-refractivity contribution is 5.51. The van der Waals surface area contributed by atoms with Gasteiger partial charge in [-0.05, 0) is 41.2 Å². The maximum absolute atomic E-state index is 5.83. The van der Waals surface area contributed by atoms with E-state index >= 15 is 0 Å². The van der Waals surface area contributed by atoms with Gasteiger partial charge in [0.25, 0.3) is 0 Å². The topological polar surface area (TPSA) is 26.0 Å². The lowest BCUT2D eigenvalue weighted by Crippen LogP contribution is -2.03. The molecule has 0 saturated heterocycles. The minimum atomic E-state index is 0.326. The van der Waals surface area contributed by atoms with Gasteiger partial charge in [-0.25, -0.2) is 0 Å². The van der Waals surface area contributed by atoms with Crippen LogP contribution in [0.2, 0.25) is 0 Å². The van der Waals surface area contributed by atoms with Crippen LogP contribution in [0.3, 0.4) is 0 Å².